The van der Waals surface area contributed by atoms with Gasteiger partial charge >= 0.3 is 6.18 Å². The molecule has 0 radical (unpaired) electrons. The van der Waals surface area contributed by atoms with Crippen LogP contribution in [0.15, 0.2) is 12.3 Å². The normalized spacial score (nSPS) is 13.4. The summed E-state index contributed by atoms with van der Waals surface area (Å²) in [5, 5.41) is 6.70. The summed E-state index contributed by atoms with van der Waals surface area (Å²) in [4.78, 5) is 14.9. The minimum absolute atomic E-state index is 0.102. The van der Waals surface area contributed by atoms with Gasteiger partial charge in [0.2, 0.25) is 0 Å². The average molecular weight is 339 g/mol. The maximum absolute atomic E-state index is 12.9. The zero-order chi connectivity index (χ0) is 17.5. The van der Waals surface area contributed by atoms with Gasteiger partial charge in [0.15, 0.2) is 0 Å². The number of imidazole rings is 1. The second-order valence-electron chi connectivity index (χ2n) is 5.48. The van der Waals surface area contributed by atoms with Gasteiger partial charge in [0.1, 0.15) is 11.6 Å². The number of aromatic nitrogens is 6. The number of alkyl halides is 3. The Balaban J connectivity index is 2.03. The maximum Gasteiger partial charge on any atom is 0.453 e. The summed E-state index contributed by atoms with van der Waals surface area (Å²) in [6.45, 7) is 5.51. The summed E-state index contributed by atoms with van der Waals surface area (Å²) in [5.74, 6) is -0.240. The molecular formula is C14H16F3N7. The molecule has 24 heavy (non-hydrogen) atoms. The van der Waals surface area contributed by atoms with Crippen LogP contribution in [0.5, 0.6) is 0 Å². The van der Waals surface area contributed by atoms with E-state index in [0.717, 1.165) is 10.2 Å². The van der Waals surface area contributed by atoms with E-state index >= 15 is 0 Å². The molecule has 3 aromatic rings. The topological polar surface area (TPSA) is 83.8 Å². The molecule has 3 aromatic heterocycles. The Morgan fingerprint density at radius 2 is 2.04 bits per heavy atom. The highest BCUT2D eigenvalue weighted by molar-refractivity contribution is 5.46. The lowest BCUT2D eigenvalue weighted by molar-refractivity contribution is -0.144. The first-order chi connectivity index (χ1) is 11.3. The lowest BCUT2D eigenvalue weighted by Crippen LogP contribution is -2.15. The molecular weight excluding hydrogens is 323 g/mol. The molecule has 7 nitrogen and oxygen atoms in total. The number of hydrogen-bond acceptors (Lipinski definition) is 5. The lowest BCUT2D eigenvalue weighted by atomic mass is 10.2. The number of rotatable bonds is 4. The summed E-state index contributed by atoms with van der Waals surface area (Å²) in [6.07, 6.45) is -2.25. The summed E-state index contributed by atoms with van der Waals surface area (Å²) in [5.41, 5.74) is 1.44. The first kappa shape index (κ1) is 16.2. The van der Waals surface area contributed by atoms with Crippen molar-refractivity contribution < 1.29 is 13.2 Å². The number of halogens is 3. The largest absolute Gasteiger partial charge is 0.453 e. The molecule has 3 heterocycles. The Kier molecular flexibility index (Phi) is 3.90. The van der Waals surface area contributed by atoms with Gasteiger partial charge in [-0.25, -0.2) is 9.97 Å². The Hall–Kier alpha value is -2.65. The van der Waals surface area contributed by atoms with Crippen LogP contribution >= 0.6 is 0 Å². The SMILES string of the molecule is CCC(Nc1cc(C)nc2nc(C(F)(F)F)nn12)c1ncc(C)[nH]1. The Morgan fingerprint density at radius 1 is 1.29 bits per heavy atom. The number of nitrogens with zero attached hydrogens (tertiary/aromatic N) is 5. The number of fused-ring (bicyclic) bond motifs is 1. The molecule has 0 aliphatic rings. The van der Waals surface area contributed by atoms with Gasteiger partial charge in [0.25, 0.3) is 11.6 Å². The van der Waals surface area contributed by atoms with Crippen LogP contribution in [-0.4, -0.2) is 29.5 Å². The summed E-state index contributed by atoms with van der Waals surface area (Å²) < 4.78 is 39.6. The highest BCUT2D eigenvalue weighted by Gasteiger charge is 2.37. The molecule has 1 unspecified atom stereocenters. The quantitative estimate of drug-likeness (QED) is 0.763. The first-order valence-electron chi connectivity index (χ1n) is 7.37. The number of hydrogen-bond donors (Lipinski definition) is 2. The maximum atomic E-state index is 12.9. The highest BCUT2D eigenvalue weighted by Crippen LogP contribution is 2.28. The molecule has 0 amide bonds. The van der Waals surface area contributed by atoms with Crippen LogP contribution in [0.3, 0.4) is 0 Å². The fourth-order valence-electron chi connectivity index (χ4n) is 2.36. The first-order valence-corrected chi connectivity index (χ1v) is 7.37. The smallest absolute Gasteiger partial charge is 0.360 e. The van der Waals surface area contributed by atoms with Crippen LogP contribution in [0.4, 0.5) is 19.0 Å². The van der Waals surface area contributed by atoms with E-state index in [-0.39, 0.29) is 11.8 Å². The van der Waals surface area contributed by atoms with Gasteiger partial charge in [-0.2, -0.15) is 22.7 Å². The van der Waals surface area contributed by atoms with Crippen molar-refractivity contribution in [1.29, 1.82) is 0 Å². The summed E-state index contributed by atoms with van der Waals surface area (Å²) in [7, 11) is 0. The van der Waals surface area contributed by atoms with E-state index in [1.807, 2.05) is 13.8 Å². The van der Waals surface area contributed by atoms with E-state index < -0.39 is 12.0 Å². The van der Waals surface area contributed by atoms with Crippen molar-refractivity contribution >= 4 is 11.6 Å². The molecule has 0 aliphatic heterocycles. The molecule has 0 saturated heterocycles. The predicted molar refractivity (Wildman–Crippen MR) is 80.5 cm³/mol. The highest BCUT2D eigenvalue weighted by atomic mass is 19.4. The molecule has 128 valence electrons. The fourth-order valence-corrected chi connectivity index (χ4v) is 2.36. The monoisotopic (exact) mass is 339 g/mol. The predicted octanol–water partition coefficient (Wildman–Crippen LogP) is 3.05. The van der Waals surface area contributed by atoms with Gasteiger partial charge in [0, 0.05) is 23.7 Å². The average Bonchev–Trinajstić information content (AvgIpc) is 3.10. The lowest BCUT2D eigenvalue weighted by Gasteiger charge is -2.16. The molecule has 0 aromatic carbocycles. The summed E-state index contributed by atoms with van der Waals surface area (Å²) in [6, 6.07) is 1.42. The van der Waals surface area contributed by atoms with Crippen LogP contribution in [0, 0.1) is 13.8 Å². The van der Waals surface area contributed by atoms with Gasteiger partial charge in [0.05, 0.1) is 6.04 Å². The molecule has 0 spiro atoms. The Morgan fingerprint density at radius 3 is 2.62 bits per heavy atom. The summed E-state index contributed by atoms with van der Waals surface area (Å²) >= 11 is 0. The van der Waals surface area contributed by atoms with Crippen molar-refractivity contribution in [1.82, 2.24) is 29.5 Å². The van der Waals surface area contributed by atoms with E-state index in [4.69, 9.17) is 0 Å². The second kappa shape index (κ2) is 5.77. The van der Waals surface area contributed by atoms with Crippen molar-refractivity contribution in [3.05, 3.63) is 35.3 Å². The van der Waals surface area contributed by atoms with Crippen LogP contribution < -0.4 is 5.32 Å². The molecule has 1 atom stereocenters. The van der Waals surface area contributed by atoms with Crippen molar-refractivity contribution in [2.24, 2.45) is 0 Å². The van der Waals surface area contributed by atoms with E-state index in [1.54, 1.807) is 19.2 Å². The minimum atomic E-state index is -4.62. The van der Waals surface area contributed by atoms with Gasteiger partial charge in [-0.1, -0.05) is 6.92 Å². The van der Waals surface area contributed by atoms with Crippen molar-refractivity contribution in [2.45, 2.75) is 39.4 Å². The van der Waals surface area contributed by atoms with E-state index in [9.17, 15) is 13.2 Å². The Bertz CT molecular complexity index is 865. The van der Waals surface area contributed by atoms with Gasteiger partial charge in [-0.05, 0) is 20.3 Å². The molecule has 0 aliphatic carbocycles. The number of aromatic amines is 1. The van der Waals surface area contributed by atoms with Crippen molar-refractivity contribution in [3.8, 4) is 0 Å². The Labute approximate surface area is 135 Å². The number of H-pyrrole nitrogens is 1. The van der Waals surface area contributed by atoms with Crippen molar-refractivity contribution in [3.63, 3.8) is 0 Å². The molecule has 0 bridgehead atoms. The van der Waals surface area contributed by atoms with Crippen LogP contribution in [-0.2, 0) is 6.18 Å². The second-order valence-corrected chi connectivity index (χ2v) is 5.48. The third kappa shape index (κ3) is 3.03. The fraction of sp³-hybridized carbons (Fsp3) is 0.429. The number of aryl methyl sites for hydroxylation is 2. The zero-order valence-electron chi connectivity index (χ0n) is 13.3. The molecule has 0 saturated carbocycles. The third-order valence-corrected chi connectivity index (χ3v) is 3.48. The molecule has 3 rings (SSSR count). The number of anilines is 1. The van der Waals surface area contributed by atoms with Gasteiger partial charge < -0.3 is 10.3 Å². The van der Waals surface area contributed by atoms with Gasteiger partial charge in [-0.3, -0.25) is 0 Å². The number of nitrogens with one attached hydrogen (secondary N) is 2. The van der Waals surface area contributed by atoms with Crippen LogP contribution in [0.1, 0.15) is 42.4 Å². The zero-order valence-corrected chi connectivity index (χ0v) is 13.3. The van der Waals surface area contributed by atoms with Gasteiger partial charge in [-0.15, -0.1) is 5.10 Å². The van der Waals surface area contributed by atoms with Crippen LogP contribution in [0.2, 0.25) is 0 Å². The third-order valence-electron chi connectivity index (χ3n) is 3.48. The standard InChI is InChI=1S/C14H16F3N7/c1-4-9(11-18-6-8(3)19-11)21-10-5-7(2)20-13-22-12(14(15,16)17)23-24(10)13/h5-6,9,21H,4H2,1-3H3,(H,18,19). The minimum Gasteiger partial charge on any atom is -0.360 e. The molecule has 2 N–H and O–H groups in total. The van der Waals surface area contributed by atoms with E-state index in [0.29, 0.717) is 23.8 Å². The van der Waals surface area contributed by atoms with E-state index in [2.05, 4.69) is 30.4 Å². The van der Waals surface area contributed by atoms with E-state index in [1.165, 1.54) is 0 Å². The van der Waals surface area contributed by atoms with Crippen LogP contribution in [0.25, 0.3) is 5.78 Å². The molecule has 10 heteroatoms. The van der Waals surface area contributed by atoms with Crippen molar-refractivity contribution in [2.75, 3.05) is 5.32 Å². The molecule has 0 fully saturated rings.